The molecule has 0 spiro atoms. The number of carbonyl (C=O) groups excluding carboxylic acids is 12. The first-order valence-electron chi connectivity index (χ1n) is 34.6. The Kier molecular flexibility index (Phi) is 43.5. The van der Waals surface area contributed by atoms with Crippen LogP contribution in [0, 0.1) is 23.2 Å². The second kappa shape index (κ2) is 48.2. The van der Waals surface area contributed by atoms with Crippen molar-refractivity contribution in [3.8, 4) is 0 Å². The van der Waals surface area contributed by atoms with Crippen molar-refractivity contribution >= 4 is 94.8 Å². The van der Waals surface area contributed by atoms with Gasteiger partial charge in [-0.1, -0.05) is 99.1 Å². The first-order valence-corrected chi connectivity index (χ1v) is 34.6. The van der Waals surface area contributed by atoms with Crippen LogP contribution in [0.15, 0.2) is 59.9 Å². The Morgan fingerprint density at radius 3 is 1.54 bits per heavy atom. The lowest BCUT2D eigenvalue weighted by atomic mass is 9.88. The van der Waals surface area contributed by atoms with Crippen LogP contribution in [-0.4, -0.2) is 253 Å². The van der Waals surface area contributed by atoms with E-state index in [1.54, 1.807) is 27.7 Å². The zero-order valence-corrected chi connectivity index (χ0v) is 63.6. The number of ether oxygens (including phenoxy) is 1. The quantitative estimate of drug-likeness (QED) is 0.0178. The highest BCUT2D eigenvalue weighted by molar-refractivity contribution is 6.00. The van der Waals surface area contributed by atoms with E-state index in [1.165, 1.54) is 68.7 Å². The zero-order chi connectivity index (χ0) is 89.1. The predicted octanol–water partition coefficient (Wildman–Crippen LogP) is -3.55. The number of cyclic esters (lactones) is 1. The number of aromatic nitrogens is 1. The number of carboxylic acids is 3. The van der Waals surface area contributed by atoms with Crippen molar-refractivity contribution in [3.05, 3.63) is 66.0 Å². The average Bonchev–Trinajstić information content (AvgIpc) is 0.810. The molecule has 2 aromatic rings. The van der Waals surface area contributed by atoms with Crippen LogP contribution in [0.3, 0.4) is 0 Å². The number of halogens is 9. The van der Waals surface area contributed by atoms with Gasteiger partial charge in [-0.05, 0) is 79.0 Å². The van der Waals surface area contributed by atoms with E-state index in [4.69, 9.17) is 57.4 Å². The van der Waals surface area contributed by atoms with Gasteiger partial charge >= 0.3 is 42.4 Å². The summed E-state index contributed by atoms with van der Waals surface area (Å²) in [7, 11) is 0. The predicted molar refractivity (Wildman–Crippen MR) is 380 cm³/mol. The molecule has 1 aromatic heterocycles. The van der Waals surface area contributed by atoms with Crippen LogP contribution >= 0.6 is 0 Å². The Morgan fingerprint density at radius 1 is 0.617 bits per heavy atom. The van der Waals surface area contributed by atoms with Crippen LogP contribution in [0.25, 0.3) is 0 Å². The third-order valence-electron chi connectivity index (χ3n) is 15.8. The third-order valence-corrected chi connectivity index (χ3v) is 15.8. The molecule has 0 aliphatic carbocycles. The molecule has 1 aliphatic rings. The zero-order valence-electron chi connectivity index (χ0n) is 63.6. The Labute approximate surface area is 650 Å². The van der Waals surface area contributed by atoms with Crippen LogP contribution in [0.1, 0.15) is 119 Å². The van der Waals surface area contributed by atoms with Crippen LogP contribution in [0.4, 0.5) is 39.5 Å². The molecule has 115 heavy (non-hydrogen) atoms. The minimum atomic E-state index is -5.08. The molecule has 648 valence electrons. The van der Waals surface area contributed by atoms with E-state index < -0.39 is 229 Å². The number of esters is 1. The molecule has 0 saturated carbocycles. The number of benzene rings is 1. The molecule has 25 N–H and O–H groups in total. The molecule has 39 nitrogen and oxygen atoms in total. The molecule has 3 rings (SSSR count). The molecular formula is C67H99F9N16O23. The highest BCUT2D eigenvalue weighted by atomic mass is 19.4. The van der Waals surface area contributed by atoms with Crippen molar-refractivity contribution in [2.24, 2.45) is 51.1 Å². The summed E-state index contributed by atoms with van der Waals surface area (Å²) in [5, 5.41) is 89.7. The average molecular weight is 1670 g/mol. The van der Waals surface area contributed by atoms with Crippen LogP contribution in [0.2, 0.25) is 0 Å². The summed E-state index contributed by atoms with van der Waals surface area (Å²) in [6, 6.07) is -8.12. The highest BCUT2D eigenvalue weighted by Gasteiger charge is 2.45. The van der Waals surface area contributed by atoms with Crippen molar-refractivity contribution in [2.45, 2.75) is 211 Å². The maximum Gasteiger partial charge on any atom is 0.490 e. The summed E-state index contributed by atoms with van der Waals surface area (Å²) >= 11 is 0. The number of nitrogens with one attached hydrogen (secondary N) is 10. The Bertz CT molecular complexity index is 3570. The van der Waals surface area contributed by atoms with Gasteiger partial charge in [-0.25, -0.2) is 19.2 Å². The number of hydrogen-bond acceptors (Lipinski definition) is 23. The molecule has 1 fully saturated rings. The molecule has 1 aliphatic heterocycles. The normalized spacial score (nSPS) is 21.8. The van der Waals surface area contributed by atoms with E-state index >= 15 is 9.59 Å². The number of alkyl halides is 9. The number of pyridine rings is 1. The molecular weight excluding hydrogens is 1570 g/mol. The topological polar surface area (TPSA) is 657 Å². The monoisotopic (exact) mass is 1670 g/mol. The number of guanidine groups is 1. The van der Waals surface area contributed by atoms with E-state index in [2.05, 4.69) is 52.5 Å². The maximum absolute atomic E-state index is 15.5. The number of amides is 11. The molecule has 11 amide bonds. The van der Waals surface area contributed by atoms with E-state index in [-0.39, 0.29) is 56.6 Å². The summed E-state index contributed by atoms with van der Waals surface area (Å²) in [4.78, 5) is 206. The largest absolute Gasteiger partial charge is 0.490 e. The first kappa shape index (κ1) is 104. The number of carboxylic acid groups (broad SMARTS) is 3. The van der Waals surface area contributed by atoms with Gasteiger partial charge in [0.1, 0.15) is 48.3 Å². The fraction of sp³-hybridized carbons (Fsp3) is 0.597. The summed E-state index contributed by atoms with van der Waals surface area (Å²) in [5.41, 5.74) is 22.7. The number of aliphatic hydroxyl groups excluding tert-OH is 4. The fourth-order valence-electron chi connectivity index (χ4n) is 9.65. The SMILES string of the molecule is CC[C@H](C)C1NC(=O)[C@@H](CCCN=C(N)N)NC(=O)[C@H](CC(C)C)NC(=O)[C@H]([C@H](O)C(C)C)NC(=O)[C@@H](NC(=O)[C@H](Cc2ccncc2)NC(=O)[C@H](N)CC(C)(C)C)[C@@H](c2ccccc2)OC(=O)[C@H](CO)NC(=O)[C@H]([C@H](O)C(N)=O)NC(=O)CNC(=O)[C@H]([C@H](C)O)NC1=O.O=C(O)C(F)(F)F.O=C(O)C(F)(F)F.O=C(O)C(F)(F)F. The van der Waals surface area contributed by atoms with Gasteiger partial charge in [0.15, 0.2) is 24.2 Å². The van der Waals surface area contributed by atoms with Gasteiger partial charge in [0.2, 0.25) is 65.0 Å². The number of aliphatic carboxylic acids is 3. The Hall–Kier alpha value is -11.1. The number of nitrogens with two attached hydrogens (primary N) is 4. The lowest BCUT2D eigenvalue weighted by Gasteiger charge is -2.33. The van der Waals surface area contributed by atoms with E-state index in [0.717, 1.165) is 6.92 Å². The van der Waals surface area contributed by atoms with E-state index in [9.17, 15) is 108 Å². The maximum atomic E-state index is 15.5. The second-order valence-electron chi connectivity index (χ2n) is 27.5. The molecule has 15 atom stereocenters. The van der Waals surface area contributed by atoms with Crippen molar-refractivity contribution in [3.63, 3.8) is 0 Å². The third kappa shape index (κ3) is 39.0. The van der Waals surface area contributed by atoms with Gasteiger partial charge < -0.3 is 117 Å². The van der Waals surface area contributed by atoms with Gasteiger partial charge in [-0.15, -0.1) is 0 Å². The molecule has 2 heterocycles. The van der Waals surface area contributed by atoms with Crippen LogP contribution in [0.5, 0.6) is 0 Å². The number of aliphatic hydroxyl groups is 4. The van der Waals surface area contributed by atoms with Crippen molar-refractivity contribution < 1.29 is 152 Å². The fourth-order valence-corrected chi connectivity index (χ4v) is 9.65. The van der Waals surface area contributed by atoms with Crippen LogP contribution < -0.4 is 76.1 Å². The highest BCUT2D eigenvalue weighted by Crippen LogP contribution is 2.26. The molecule has 1 unspecified atom stereocenters. The number of hydrogen-bond donors (Lipinski definition) is 21. The number of nitrogens with zero attached hydrogens (tertiary/aromatic N) is 2. The minimum absolute atomic E-state index is 0.0380. The molecule has 1 saturated heterocycles. The minimum Gasteiger partial charge on any atom is -0.475 e. The van der Waals surface area contributed by atoms with Gasteiger partial charge in [-0.2, -0.15) is 39.5 Å². The second-order valence-corrected chi connectivity index (χ2v) is 27.5. The number of primary amides is 1. The molecule has 48 heteroatoms. The van der Waals surface area contributed by atoms with Crippen molar-refractivity contribution in [1.29, 1.82) is 0 Å². The van der Waals surface area contributed by atoms with Gasteiger partial charge in [0.25, 0.3) is 0 Å². The summed E-state index contributed by atoms with van der Waals surface area (Å²) in [6.45, 7) is 13.7. The van der Waals surface area contributed by atoms with Crippen molar-refractivity contribution in [2.75, 3.05) is 19.7 Å². The molecule has 0 bridgehead atoms. The standard InChI is InChI=1S/C61H96N16O17.3C2HF3O2/c1-11-31(6)41-55(89)75-42(32(7)79)54(88)68-27-40(80)73-44(47(82)49(63)83)57(91)72-39(28-78)59(93)94-48(34-16-13-12-14-17-34)45(77-53(87)38(25-33-19-22-66-23-20-33)70-50(84)35(62)26-61(8,9)10)58(92)76-43(46(81)30(4)5)56(90)71-37(24-29(2)3)52(86)69-36(51(85)74-41)18-15-21-67-60(64)65;3*3-2(4,5)1(6)7/h12-14,16-17,19-20,22-23,29-32,35-39,41-48,78-79,81-82H,11,15,18,21,24-28,62H2,1-10H3,(H2,63,83)(H,68,88)(H,69,86)(H,70,84)(H,71,90)(H,72,91)(H,73,80)(H,74,85)(H,75,89)(H,76,92)(H,77,87)(H4,64,65,67);3*(H,6,7)/t31-,32-,35+,36+,37-,38-,39-,41?,42-,43-,44-,45-,46+,47-,48+;;;/m0.../s1. The lowest BCUT2D eigenvalue weighted by Crippen LogP contribution is -2.64. The molecule has 0 radical (unpaired) electrons. The molecule has 1 aromatic carbocycles. The first-order chi connectivity index (χ1) is 52.8. The lowest BCUT2D eigenvalue weighted by molar-refractivity contribution is -0.193. The van der Waals surface area contributed by atoms with Gasteiger partial charge in [0, 0.05) is 25.4 Å². The number of rotatable bonds is 22. The Morgan fingerprint density at radius 2 is 1.09 bits per heavy atom. The van der Waals surface area contributed by atoms with Gasteiger partial charge in [0.05, 0.1) is 31.4 Å². The number of aliphatic imine (C=N–C) groups is 1. The summed E-state index contributed by atoms with van der Waals surface area (Å²) in [5.74, 6) is -25.4. The van der Waals surface area contributed by atoms with E-state index in [1.807, 2.05) is 31.4 Å². The van der Waals surface area contributed by atoms with Crippen LogP contribution in [-0.2, 0) is 83.1 Å². The van der Waals surface area contributed by atoms with E-state index in [0.29, 0.717) is 5.56 Å². The smallest absolute Gasteiger partial charge is 0.475 e. The van der Waals surface area contributed by atoms with Crippen molar-refractivity contribution in [1.82, 2.24) is 58.2 Å². The Balaban J connectivity index is 0.00000540. The number of carbonyl (C=O) groups is 15. The summed E-state index contributed by atoms with van der Waals surface area (Å²) < 4.78 is 101. The summed E-state index contributed by atoms with van der Waals surface area (Å²) in [6.07, 6.45) is -20.9. The van der Waals surface area contributed by atoms with Gasteiger partial charge in [-0.3, -0.25) is 62.7 Å².